The third-order valence-electron chi connectivity index (χ3n) is 10.1. The molecule has 29 heteroatoms. The fourth-order valence-corrected chi connectivity index (χ4v) is 8.29. The van der Waals surface area contributed by atoms with Crippen LogP contribution in [-0.4, -0.2) is 24.6 Å². The van der Waals surface area contributed by atoms with Gasteiger partial charge in [-0.25, -0.2) is 0 Å². The summed E-state index contributed by atoms with van der Waals surface area (Å²) in [5, 5.41) is 0. The highest BCUT2D eigenvalue weighted by atomic mass is 32.2. The fourth-order valence-electron chi connectivity index (χ4n) is 7.29. The molecule has 0 aliphatic heterocycles. The average molecular weight is 1090 g/mol. The Morgan fingerprint density at radius 2 is 0.583 bits per heavy atom. The van der Waals surface area contributed by atoms with E-state index in [1.807, 2.05) is 12.1 Å². The van der Waals surface area contributed by atoms with Gasteiger partial charge in [0, 0.05) is 12.5 Å². The van der Waals surface area contributed by atoms with Crippen molar-refractivity contribution in [1.29, 1.82) is 0 Å². The Balaban J connectivity index is 0.000000639. The number of rotatable bonds is 7. The molecular formula is C43H27BF24O3S. The molecule has 3 nitrogen and oxygen atoms in total. The molecule has 394 valence electrons. The van der Waals surface area contributed by atoms with Gasteiger partial charge >= 0.3 is 55.4 Å². The van der Waals surface area contributed by atoms with Gasteiger partial charge in [-0.1, -0.05) is 60.7 Å². The van der Waals surface area contributed by atoms with Crippen LogP contribution in [0.5, 0.6) is 5.75 Å². The van der Waals surface area contributed by atoms with Gasteiger partial charge in [-0.15, -0.1) is 4.21 Å². The lowest BCUT2D eigenvalue weighted by Gasteiger charge is -2.46. The Labute approximate surface area is 390 Å². The molecule has 5 rings (SSSR count). The highest BCUT2D eigenvalue weighted by molar-refractivity contribution is 8.00. The van der Waals surface area contributed by atoms with Crippen LogP contribution in [0.15, 0.2) is 97.1 Å². The maximum atomic E-state index is 14.2. The van der Waals surface area contributed by atoms with E-state index < -0.39 is 205 Å². The highest BCUT2D eigenvalue weighted by Gasteiger charge is 2.47. The van der Waals surface area contributed by atoms with Crippen LogP contribution in [0.1, 0.15) is 57.0 Å². The van der Waals surface area contributed by atoms with E-state index in [0.29, 0.717) is 11.5 Å². The molecular weight excluding hydrogens is 1060 g/mol. The van der Waals surface area contributed by atoms with Gasteiger partial charge in [0.15, 0.2) is 0 Å². The van der Waals surface area contributed by atoms with Gasteiger partial charge in [-0.3, -0.25) is 4.79 Å². The normalized spacial score (nSPS) is 13.7. The van der Waals surface area contributed by atoms with Crippen molar-refractivity contribution in [1.82, 2.24) is 0 Å². The maximum absolute atomic E-state index is 14.2. The molecule has 0 bridgehead atoms. The molecule has 0 fully saturated rings. The Morgan fingerprint density at radius 1 is 0.389 bits per heavy atom. The highest BCUT2D eigenvalue weighted by Crippen LogP contribution is 2.41. The van der Waals surface area contributed by atoms with E-state index >= 15 is 0 Å². The number of hydrogen-bond acceptors (Lipinski definition) is 3. The molecule has 0 unspecified atom stereocenters. The summed E-state index contributed by atoms with van der Waals surface area (Å²) in [6.07, 6.45) is -51.3. The number of ether oxygens (including phenoxy) is 1. The number of benzene rings is 5. The van der Waals surface area contributed by atoms with Crippen LogP contribution < -0.4 is 26.6 Å². The van der Waals surface area contributed by atoms with Gasteiger partial charge in [-0.05, 0) is 36.4 Å². The third-order valence-corrected chi connectivity index (χ3v) is 11.2. The van der Waals surface area contributed by atoms with Gasteiger partial charge in [-0.2, -0.15) is 127 Å². The maximum Gasteiger partial charge on any atom is 0.416 e. The Hall–Kier alpha value is -5.90. The largest absolute Gasteiger partial charge is 0.427 e. The van der Waals surface area contributed by atoms with Crippen molar-refractivity contribution >= 4 is 43.9 Å². The van der Waals surface area contributed by atoms with Crippen molar-refractivity contribution in [3.05, 3.63) is 147 Å². The van der Waals surface area contributed by atoms with Crippen molar-refractivity contribution in [3.8, 4) is 5.75 Å². The Bertz CT molecular complexity index is 2390. The second-order valence-corrected chi connectivity index (χ2v) is 19.2. The zero-order valence-corrected chi connectivity index (χ0v) is 36.5. The smallest absolute Gasteiger partial charge is 0.416 e. The van der Waals surface area contributed by atoms with E-state index in [-0.39, 0.29) is 5.97 Å². The van der Waals surface area contributed by atoms with Crippen LogP contribution in [0.3, 0.4) is 0 Å². The summed E-state index contributed by atoms with van der Waals surface area (Å²) in [6.45, 7) is 1.36. The van der Waals surface area contributed by atoms with Crippen molar-refractivity contribution in [2.75, 3.05) is 12.5 Å². The first kappa shape index (κ1) is 58.7. The number of esters is 1. The number of carbonyl (C=O) groups is 1. The van der Waals surface area contributed by atoms with Crippen LogP contribution in [0.2, 0.25) is 0 Å². The summed E-state index contributed by atoms with van der Waals surface area (Å²) in [5.74, 6) is 0.732. The standard InChI is InChI=1S/C32H12BF24.C11H15O3S/c34-25(35,36)13-1-14(26(37,38)39)6-21(5-13)33(22-7-15(27(40,41)42)2-16(8-22)28(43,44)45,23-9-17(29(46,47)48)3-18(10-23)30(49,50)51)24-11-19(31(52,53)54)4-20(12-24)32(55,56)57;1-9(12)14-11-6-4-10(5-7-11)8-15(2,3)13/h1-12H;4-7H,8H2,1-3H3/q-1;+1. The predicted molar refractivity (Wildman–Crippen MR) is 211 cm³/mol. The Morgan fingerprint density at radius 3 is 0.736 bits per heavy atom. The minimum atomic E-state index is -6.13. The van der Waals surface area contributed by atoms with Crippen molar-refractivity contribution < 1.29 is 119 Å². The number of alkyl halides is 24. The molecule has 72 heavy (non-hydrogen) atoms. The summed E-state index contributed by atoms with van der Waals surface area (Å²) in [5.41, 5.74) is -29.2. The minimum Gasteiger partial charge on any atom is -0.427 e. The first-order valence-electron chi connectivity index (χ1n) is 19.2. The van der Waals surface area contributed by atoms with E-state index in [1.165, 1.54) is 6.92 Å². The lowest BCUT2D eigenvalue weighted by Crippen LogP contribution is -2.75. The molecule has 0 aliphatic carbocycles. The molecule has 0 heterocycles. The molecule has 5 aromatic rings. The quantitative estimate of drug-likeness (QED) is 0.0536. The van der Waals surface area contributed by atoms with Crippen LogP contribution in [0.25, 0.3) is 0 Å². The summed E-state index contributed by atoms with van der Waals surface area (Å²) in [6, 6.07) is -1.74. The fraction of sp³-hybridized carbons (Fsp3) is 0.279. The Kier molecular flexibility index (Phi) is 15.9. The number of halogens is 24. The summed E-state index contributed by atoms with van der Waals surface area (Å²) < 4.78 is 357. The third kappa shape index (κ3) is 14.4. The summed E-state index contributed by atoms with van der Waals surface area (Å²) >= 11 is 0. The van der Waals surface area contributed by atoms with Crippen molar-refractivity contribution in [2.45, 2.75) is 62.1 Å². The minimum absolute atomic E-state index is 0.336. The van der Waals surface area contributed by atoms with Gasteiger partial charge < -0.3 is 4.74 Å². The van der Waals surface area contributed by atoms with E-state index in [1.54, 1.807) is 24.6 Å². The zero-order valence-electron chi connectivity index (χ0n) is 35.7. The number of hydrogen-bond donors (Lipinski definition) is 0. The lowest BCUT2D eigenvalue weighted by atomic mass is 9.12. The summed E-state index contributed by atoms with van der Waals surface area (Å²) in [7, 11) is -1.77. The van der Waals surface area contributed by atoms with Crippen LogP contribution >= 0.6 is 0 Å². The average Bonchev–Trinajstić information content (AvgIpc) is 3.18. The second-order valence-electron chi connectivity index (χ2n) is 16.0. The van der Waals surface area contributed by atoms with E-state index in [2.05, 4.69) is 0 Å². The molecule has 0 saturated carbocycles. The molecule has 0 atom stereocenters. The van der Waals surface area contributed by atoms with Crippen molar-refractivity contribution in [3.63, 3.8) is 0 Å². The molecule has 0 aliphatic rings. The van der Waals surface area contributed by atoms with E-state index in [0.717, 1.165) is 5.56 Å². The molecule has 0 radical (unpaired) electrons. The molecule has 5 aromatic carbocycles. The van der Waals surface area contributed by atoms with Gasteiger partial charge in [0.1, 0.15) is 30.2 Å². The van der Waals surface area contributed by atoms with Crippen LogP contribution in [-0.2, 0) is 74.1 Å². The summed E-state index contributed by atoms with van der Waals surface area (Å²) in [4.78, 5) is 10.7. The topological polar surface area (TPSA) is 43.4 Å². The van der Waals surface area contributed by atoms with E-state index in [9.17, 15) is 114 Å². The SMILES string of the molecule is CC(=O)Oc1ccc(C[S+](C)(C)=O)cc1.FC(F)(F)c1cc([B-](c2cc(C(F)(F)F)cc(C(F)(F)F)c2)(c2cc(C(F)(F)F)cc(C(F)(F)F)c2)c2cc(C(F)(F)F)cc(C(F)(F)F)c2)cc(C(F)(F)F)c1. The molecule has 0 saturated heterocycles. The first-order valence-corrected chi connectivity index (χ1v) is 21.7. The van der Waals surface area contributed by atoms with Gasteiger partial charge in [0.05, 0.1) is 54.4 Å². The molecule has 0 spiro atoms. The van der Waals surface area contributed by atoms with Gasteiger partial charge in [0.2, 0.25) is 0 Å². The molecule has 0 amide bonds. The monoisotopic (exact) mass is 1090 g/mol. The molecule has 0 aromatic heterocycles. The lowest BCUT2D eigenvalue weighted by molar-refractivity contribution is -0.144. The van der Waals surface area contributed by atoms with Crippen LogP contribution in [0.4, 0.5) is 105 Å². The van der Waals surface area contributed by atoms with E-state index in [4.69, 9.17) is 4.74 Å². The van der Waals surface area contributed by atoms with Crippen molar-refractivity contribution in [2.24, 2.45) is 0 Å². The van der Waals surface area contributed by atoms with Crippen LogP contribution in [0, 0.1) is 0 Å². The predicted octanol–water partition coefficient (Wildman–Crippen LogP) is 13.1. The van der Waals surface area contributed by atoms with Gasteiger partial charge in [0.25, 0.3) is 0 Å². The second kappa shape index (κ2) is 19.5. The number of carbonyl (C=O) groups excluding carboxylic acids is 1. The molecule has 0 N–H and O–H groups in total. The first-order chi connectivity index (χ1) is 32.1. The zero-order chi connectivity index (χ0) is 55.4.